The molecule has 1 aliphatic carbocycles. The van der Waals surface area contributed by atoms with E-state index in [2.05, 4.69) is 46.4 Å². The van der Waals surface area contributed by atoms with Gasteiger partial charge in [0, 0.05) is 23.6 Å². The third-order valence-electron chi connectivity index (χ3n) is 6.14. The molecular formula is C24H19N9O3. The Labute approximate surface area is 203 Å². The van der Waals surface area contributed by atoms with E-state index in [1.165, 1.54) is 12.4 Å². The van der Waals surface area contributed by atoms with Crippen LogP contribution in [-0.4, -0.2) is 47.6 Å². The van der Waals surface area contributed by atoms with Gasteiger partial charge in [0.2, 0.25) is 5.82 Å². The maximum Gasteiger partial charge on any atom is 0.270 e. The Morgan fingerprint density at radius 2 is 1.94 bits per heavy atom. The molecular weight excluding hydrogens is 462 g/mol. The number of fused-ring (bicyclic) bond motifs is 2. The molecule has 12 heteroatoms. The zero-order chi connectivity index (χ0) is 24.5. The number of hydrogen-bond donors (Lipinski definition) is 3. The number of carbonyl (C=O) groups is 2. The Morgan fingerprint density at radius 1 is 1.06 bits per heavy atom. The van der Waals surface area contributed by atoms with Gasteiger partial charge in [0.1, 0.15) is 17.7 Å². The fourth-order valence-corrected chi connectivity index (χ4v) is 4.32. The maximum atomic E-state index is 12.9. The van der Waals surface area contributed by atoms with Crippen LogP contribution in [0.4, 0.5) is 0 Å². The molecule has 0 fully saturated rings. The van der Waals surface area contributed by atoms with Gasteiger partial charge in [0.15, 0.2) is 5.58 Å². The standard InChI is InChI=1S/C24H19N9O3/c34-23(25-10-13-1-2-16-11-28-36-21(16)7-13)19-9-20(27-12-26-19)24(35)29-18-6-4-14-8-15(3-5-17(14)18)22-30-32-33-31-22/h1-3,5,7-9,11-12,18H,4,6,10H2,(H,25,34)(H,29,35)(H,30,31,32,33)/t18-/m0/s1. The van der Waals surface area contributed by atoms with Gasteiger partial charge in [0.05, 0.1) is 12.2 Å². The molecule has 0 aliphatic heterocycles. The lowest BCUT2D eigenvalue weighted by Gasteiger charge is -2.14. The molecule has 1 atom stereocenters. The molecule has 178 valence electrons. The Bertz CT molecular complexity index is 1580. The Hall–Kier alpha value is -5.00. The number of aryl methyl sites for hydroxylation is 1. The van der Waals surface area contributed by atoms with Crippen LogP contribution >= 0.6 is 0 Å². The van der Waals surface area contributed by atoms with Crippen molar-refractivity contribution < 1.29 is 14.1 Å². The van der Waals surface area contributed by atoms with Gasteiger partial charge in [-0.05, 0) is 52.9 Å². The summed E-state index contributed by atoms with van der Waals surface area (Å²) < 4.78 is 5.15. The molecule has 0 spiro atoms. The summed E-state index contributed by atoms with van der Waals surface area (Å²) in [6.45, 7) is 0.270. The van der Waals surface area contributed by atoms with Gasteiger partial charge < -0.3 is 15.2 Å². The van der Waals surface area contributed by atoms with Crippen molar-refractivity contribution in [2.24, 2.45) is 0 Å². The van der Waals surface area contributed by atoms with E-state index in [1.807, 2.05) is 36.4 Å². The van der Waals surface area contributed by atoms with E-state index < -0.39 is 5.91 Å². The molecule has 0 radical (unpaired) electrons. The number of aromatic nitrogens is 7. The number of amides is 2. The molecule has 5 aromatic rings. The van der Waals surface area contributed by atoms with Gasteiger partial charge in [-0.1, -0.05) is 23.4 Å². The summed E-state index contributed by atoms with van der Waals surface area (Å²) in [6, 6.07) is 12.7. The number of H-pyrrole nitrogens is 1. The lowest BCUT2D eigenvalue weighted by Crippen LogP contribution is -2.29. The van der Waals surface area contributed by atoms with Crippen molar-refractivity contribution >= 4 is 22.8 Å². The minimum absolute atomic E-state index is 0.104. The second-order valence-corrected chi connectivity index (χ2v) is 8.38. The molecule has 12 nitrogen and oxygen atoms in total. The highest BCUT2D eigenvalue weighted by atomic mass is 16.5. The van der Waals surface area contributed by atoms with E-state index >= 15 is 0 Å². The normalized spacial score (nSPS) is 14.5. The smallest absolute Gasteiger partial charge is 0.270 e. The highest BCUT2D eigenvalue weighted by Crippen LogP contribution is 2.33. The zero-order valence-electron chi connectivity index (χ0n) is 18.8. The number of aromatic amines is 1. The van der Waals surface area contributed by atoms with Crippen LogP contribution < -0.4 is 10.6 Å². The molecule has 0 bridgehead atoms. The third kappa shape index (κ3) is 4.15. The first-order chi connectivity index (χ1) is 17.6. The summed E-state index contributed by atoms with van der Waals surface area (Å²) in [7, 11) is 0. The fourth-order valence-electron chi connectivity index (χ4n) is 4.32. The van der Waals surface area contributed by atoms with Crippen LogP contribution in [-0.2, 0) is 13.0 Å². The molecule has 0 unspecified atom stereocenters. The van der Waals surface area contributed by atoms with Gasteiger partial charge in [-0.2, -0.15) is 5.21 Å². The number of hydrogen-bond acceptors (Lipinski definition) is 9. The van der Waals surface area contributed by atoms with E-state index in [1.54, 1.807) is 6.20 Å². The fraction of sp³-hybridized carbons (Fsp3) is 0.167. The van der Waals surface area contributed by atoms with E-state index in [9.17, 15) is 9.59 Å². The maximum absolute atomic E-state index is 12.9. The third-order valence-corrected chi connectivity index (χ3v) is 6.14. The summed E-state index contributed by atoms with van der Waals surface area (Å²) in [5.41, 5.74) is 4.73. The van der Waals surface area contributed by atoms with Crippen LogP contribution in [0.15, 0.2) is 59.5 Å². The molecule has 2 aromatic carbocycles. The zero-order valence-corrected chi connectivity index (χ0v) is 18.8. The lowest BCUT2D eigenvalue weighted by atomic mass is 10.0. The van der Waals surface area contributed by atoms with Crippen LogP contribution in [0, 0.1) is 0 Å². The summed E-state index contributed by atoms with van der Waals surface area (Å²) in [5, 5.41) is 24.5. The van der Waals surface area contributed by atoms with Crippen LogP contribution in [0.2, 0.25) is 0 Å². The van der Waals surface area contributed by atoms with Crippen LogP contribution in [0.5, 0.6) is 0 Å². The lowest BCUT2D eigenvalue weighted by molar-refractivity contribution is 0.0931. The van der Waals surface area contributed by atoms with E-state index in [0.29, 0.717) is 11.4 Å². The minimum atomic E-state index is -0.413. The summed E-state index contributed by atoms with van der Waals surface area (Å²) in [6.07, 6.45) is 4.40. The Balaban J connectivity index is 1.11. The van der Waals surface area contributed by atoms with Gasteiger partial charge in [-0.25, -0.2) is 9.97 Å². The number of nitrogens with zero attached hydrogens (tertiary/aromatic N) is 6. The second kappa shape index (κ2) is 8.98. The first-order valence-corrected chi connectivity index (χ1v) is 11.2. The largest absolute Gasteiger partial charge is 0.356 e. The van der Waals surface area contributed by atoms with Gasteiger partial charge >= 0.3 is 0 Å². The number of benzene rings is 2. The van der Waals surface area contributed by atoms with Crippen LogP contribution in [0.25, 0.3) is 22.4 Å². The average molecular weight is 481 g/mol. The van der Waals surface area contributed by atoms with Crippen molar-refractivity contribution in [2.45, 2.75) is 25.4 Å². The highest BCUT2D eigenvalue weighted by Gasteiger charge is 2.26. The summed E-state index contributed by atoms with van der Waals surface area (Å²) in [4.78, 5) is 33.7. The summed E-state index contributed by atoms with van der Waals surface area (Å²) >= 11 is 0. The van der Waals surface area contributed by atoms with Crippen molar-refractivity contribution in [3.05, 3.63) is 83.1 Å². The molecule has 1 aliphatic rings. The number of tetrazole rings is 1. The van der Waals surface area contributed by atoms with Crippen molar-refractivity contribution in [1.29, 1.82) is 0 Å². The SMILES string of the molecule is O=C(NCc1ccc2cnoc2c1)c1cc(C(=O)N[C@H]2CCc3cc(-c4nn[nH]n4)ccc32)ncn1. The number of rotatable bonds is 6. The molecule has 0 saturated heterocycles. The Kier molecular flexibility index (Phi) is 5.37. The van der Waals surface area contributed by atoms with Crippen molar-refractivity contribution in [1.82, 2.24) is 46.4 Å². The Morgan fingerprint density at radius 3 is 2.81 bits per heavy atom. The quantitative estimate of drug-likeness (QED) is 0.329. The van der Waals surface area contributed by atoms with Crippen molar-refractivity contribution in [3.8, 4) is 11.4 Å². The molecule has 6 rings (SSSR count). The van der Waals surface area contributed by atoms with Gasteiger partial charge in [-0.3, -0.25) is 9.59 Å². The number of nitrogens with one attached hydrogen (secondary N) is 3. The second-order valence-electron chi connectivity index (χ2n) is 8.38. The van der Waals surface area contributed by atoms with Crippen molar-refractivity contribution in [3.63, 3.8) is 0 Å². The monoisotopic (exact) mass is 481 g/mol. The molecule has 36 heavy (non-hydrogen) atoms. The molecule has 0 saturated carbocycles. The molecule has 3 N–H and O–H groups in total. The van der Waals surface area contributed by atoms with Gasteiger partial charge in [-0.15, -0.1) is 10.2 Å². The average Bonchev–Trinajstić information content (AvgIpc) is 3.68. The predicted molar refractivity (Wildman–Crippen MR) is 125 cm³/mol. The first kappa shape index (κ1) is 21.5. The molecule has 3 aromatic heterocycles. The van der Waals surface area contributed by atoms with Crippen LogP contribution in [0.3, 0.4) is 0 Å². The molecule has 2 amide bonds. The first-order valence-electron chi connectivity index (χ1n) is 11.2. The predicted octanol–water partition coefficient (Wildman–Crippen LogP) is 2.15. The molecule has 3 heterocycles. The van der Waals surface area contributed by atoms with E-state index in [-0.39, 0.29) is 29.9 Å². The van der Waals surface area contributed by atoms with Crippen molar-refractivity contribution in [2.75, 3.05) is 0 Å². The van der Waals surface area contributed by atoms with E-state index in [0.717, 1.165) is 40.5 Å². The van der Waals surface area contributed by atoms with E-state index in [4.69, 9.17) is 4.52 Å². The summed E-state index contributed by atoms with van der Waals surface area (Å²) in [5.74, 6) is -0.262. The minimum Gasteiger partial charge on any atom is -0.356 e. The van der Waals surface area contributed by atoms with Gasteiger partial charge in [0.25, 0.3) is 11.8 Å². The van der Waals surface area contributed by atoms with Crippen LogP contribution in [0.1, 0.15) is 50.1 Å². The number of carbonyl (C=O) groups excluding carboxylic acids is 2. The topological polar surface area (TPSA) is 164 Å². The highest BCUT2D eigenvalue weighted by molar-refractivity contribution is 5.97.